The second-order valence-electron chi connectivity index (χ2n) is 6.33. The molecule has 0 saturated heterocycles. The Hall–Kier alpha value is -2.11. The van der Waals surface area contributed by atoms with Crippen LogP contribution in [0.1, 0.15) is 45.9 Å². The highest BCUT2D eigenvalue weighted by atomic mass is 16.6. The van der Waals surface area contributed by atoms with Gasteiger partial charge in [0.2, 0.25) is 5.91 Å². The van der Waals surface area contributed by atoms with Crippen LogP contribution in [0, 0.1) is 6.92 Å². The van der Waals surface area contributed by atoms with E-state index in [1.165, 1.54) is 0 Å². The Morgan fingerprint density at radius 3 is 2.35 bits per heavy atom. The summed E-state index contributed by atoms with van der Waals surface area (Å²) < 4.78 is 5.20. The van der Waals surface area contributed by atoms with Gasteiger partial charge in [-0.3, -0.25) is 10.1 Å². The monoisotopic (exact) mass is 321 g/mol. The summed E-state index contributed by atoms with van der Waals surface area (Å²) in [6.45, 7) is 12.5. The smallest absolute Gasteiger partial charge is 0.413 e. The third kappa shape index (κ3) is 6.26. The van der Waals surface area contributed by atoms with Gasteiger partial charge >= 0.3 is 6.09 Å². The lowest BCUT2D eigenvalue weighted by molar-refractivity contribution is -0.130. The standard InChI is InChI=1S/C17H27N3O3/c1-7-20(8-2)15(21)11-13-12(3)9-10-14(18-13)19-16(22)23-17(4,5)6/h9-10H,7-8,11H2,1-6H3,(H,18,19,22). The molecule has 0 bridgehead atoms. The summed E-state index contributed by atoms with van der Waals surface area (Å²) in [5, 5.41) is 2.60. The van der Waals surface area contributed by atoms with Crippen molar-refractivity contribution in [1.82, 2.24) is 9.88 Å². The van der Waals surface area contributed by atoms with Gasteiger partial charge in [0, 0.05) is 13.1 Å². The molecule has 23 heavy (non-hydrogen) atoms. The Labute approximate surface area is 138 Å². The zero-order chi connectivity index (χ0) is 17.6. The number of nitrogens with one attached hydrogen (secondary N) is 1. The van der Waals surface area contributed by atoms with Gasteiger partial charge in [-0.05, 0) is 53.2 Å². The van der Waals surface area contributed by atoms with Crippen molar-refractivity contribution in [2.75, 3.05) is 18.4 Å². The van der Waals surface area contributed by atoms with Crippen LogP contribution in [-0.2, 0) is 16.0 Å². The quantitative estimate of drug-likeness (QED) is 0.904. The van der Waals surface area contributed by atoms with Gasteiger partial charge in [-0.1, -0.05) is 6.07 Å². The number of carbonyl (C=O) groups excluding carboxylic acids is 2. The second kappa shape index (κ2) is 7.94. The lowest BCUT2D eigenvalue weighted by Gasteiger charge is -2.20. The van der Waals surface area contributed by atoms with Crippen molar-refractivity contribution >= 4 is 17.8 Å². The minimum absolute atomic E-state index is 0.0278. The molecule has 0 aromatic carbocycles. The van der Waals surface area contributed by atoms with Crippen molar-refractivity contribution in [3.8, 4) is 0 Å². The molecule has 1 aromatic heterocycles. The average molecular weight is 321 g/mol. The lowest BCUT2D eigenvalue weighted by atomic mass is 10.1. The molecule has 0 aliphatic carbocycles. The molecule has 128 valence electrons. The number of pyridine rings is 1. The summed E-state index contributed by atoms with van der Waals surface area (Å²) in [7, 11) is 0. The first kappa shape index (κ1) is 18.9. The number of carbonyl (C=O) groups is 2. The van der Waals surface area contributed by atoms with Crippen molar-refractivity contribution in [3.63, 3.8) is 0 Å². The summed E-state index contributed by atoms with van der Waals surface area (Å²) >= 11 is 0. The number of aryl methyl sites for hydroxylation is 1. The van der Waals surface area contributed by atoms with Crippen LogP contribution in [-0.4, -0.2) is 40.6 Å². The SMILES string of the molecule is CCN(CC)C(=O)Cc1nc(NC(=O)OC(C)(C)C)ccc1C. The number of hydrogen-bond acceptors (Lipinski definition) is 4. The Bertz CT molecular complexity index is 561. The van der Waals surface area contributed by atoms with E-state index in [4.69, 9.17) is 4.74 Å². The fraction of sp³-hybridized carbons (Fsp3) is 0.588. The van der Waals surface area contributed by atoms with Crippen molar-refractivity contribution in [2.24, 2.45) is 0 Å². The van der Waals surface area contributed by atoms with Gasteiger partial charge in [-0.15, -0.1) is 0 Å². The van der Waals surface area contributed by atoms with E-state index in [9.17, 15) is 9.59 Å². The highest BCUT2D eigenvalue weighted by molar-refractivity contribution is 5.84. The molecule has 0 spiro atoms. The number of aromatic nitrogens is 1. The van der Waals surface area contributed by atoms with E-state index < -0.39 is 11.7 Å². The molecule has 0 aliphatic heterocycles. The zero-order valence-electron chi connectivity index (χ0n) is 14.9. The van der Waals surface area contributed by atoms with E-state index in [0.717, 1.165) is 5.56 Å². The predicted octanol–water partition coefficient (Wildman–Crippen LogP) is 3.15. The second-order valence-corrected chi connectivity index (χ2v) is 6.33. The number of ether oxygens (including phenoxy) is 1. The van der Waals surface area contributed by atoms with Gasteiger partial charge in [0.25, 0.3) is 0 Å². The minimum Gasteiger partial charge on any atom is -0.444 e. The average Bonchev–Trinajstić information content (AvgIpc) is 2.41. The Balaban J connectivity index is 2.83. The minimum atomic E-state index is -0.573. The molecule has 6 heteroatoms. The lowest BCUT2D eigenvalue weighted by Crippen LogP contribution is -2.32. The van der Waals surface area contributed by atoms with E-state index in [0.29, 0.717) is 24.6 Å². The molecular formula is C17H27N3O3. The number of nitrogens with zero attached hydrogens (tertiary/aromatic N) is 2. The van der Waals surface area contributed by atoms with E-state index in [1.54, 1.807) is 31.7 Å². The fourth-order valence-corrected chi connectivity index (χ4v) is 2.06. The molecule has 2 amide bonds. The van der Waals surface area contributed by atoms with Crippen LogP contribution in [0.15, 0.2) is 12.1 Å². The van der Waals surface area contributed by atoms with Crippen LogP contribution < -0.4 is 5.32 Å². The highest BCUT2D eigenvalue weighted by Crippen LogP contribution is 2.14. The maximum atomic E-state index is 12.2. The molecule has 0 radical (unpaired) electrons. The molecule has 0 saturated carbocycles. The molecule has 6 nitrogen and oxygen atoms in total. The highest BCUT2D eigenvalue weighted by Gasteiger charge is 2.18. The van der Waals surface area contributed by atoms with Crippen molar-refractivity contribution in [2.45, 2.75) is 53.6 Å². The molecule has 1 heterocycles. The molecular weight excluding hydrogens is 294 g/mol. The van der Waals surface area contributed by atoms with Gasteiger partial charge in [0.15, 0.2) is 0 Å². The maximum Gasteiger partial charge on any atom is 0.413 e. The number of likely N-dealkylation sites (N-methyl/N-ethyl adjacent to an activating group) is 1. The third-order valence-corrected chi connectivity index (χ3v) is 3.27. The van der Waals surface area contributed by atoms with Crippen LogP contribution in [0.4, 0.5) is 10.6 Å². The summed E-state index contributed by atoms with van der Waals surface area (Å²) in [5.74, 6) is 0.409. The molecule has 0 unspecified atom stereocenters. The molecule has 0 atom stereocenters. The zero-order valence-corrected chi connectivity index (χ0v) is 14.9. The van der Waals surface area contributed by atoms with Gasteiger partial charge in [-0.25, -0.2) is 9.78 Å². The van der Waals surface area contributed by atoms with Crippen LogP contribution in [0.3, 0.4) is 0 Å². The fourth-order valence-electron chi connectivity index (χ4n) is 2.06. The predicted molar refractivity (Wildman–Crippen MR) is 90.5 cm³/mol. The van der Waals surface area contributed by atoms with E-state index in [-0.39, 0.29) is 12.3 Å². The third-order valence-electron chi connectivity index (χ3n) is 3.27. The van der Waals surface area contributed by atoms with Gasteiger partial charge < -0.3 is 9.64 Å². The Morgan fingerprint density at radius 1 is 1.22 bits per heavy atom. The molecule has 0 aliphatic rings. The first-order chi connectivity index (χ1) is 10.7. The summed E-state index contributed by atoms with van der Waals surface area (Å²) in [4.78, 5) is 30.2. The first-order valence-corrected chi connectivity index (χ1v) is 7.90. The van der Waals surface area contributed by atoms with Crippen LogP contribution in [0.5, 0.6) is 0 Å². The normalized spacial score (nSPS) is 11.0. The number of anilines is 1. The van der Waals surface area contributed by atoms with E-state index in [1.807, 2.05) is 26.8 Å². The molecule has 0 fully saturated rings. The Morgan fingerprint density at radius 2 is 1.83 bits per heavy atom. The molecule has 1 N–H and O–H groups in total. The summed E-state index contributed by atoms with van der Waals surface area (Å²) in [5.41, 5.74) is 1.01. The van der Waals surface area contributed by atoms with E-state index >= 15 is 0 Å². The van der Waals surface area contributed by atoms with Crippen molar-refractivity contribution < 1.29 is 14.3 Å². The van der Waals surface area contributed by atoms with Crippen molar-refractivity contribution in [3.05, 3.63) is 23.4 Å². The largest absolute Gasteiger partial charge is 0.444 e. The van der Waals surface area contributed by atoms with Crippen LogP contribution in [0.25, 0.3) is 0 Å². The van der Waals surface area contributed by atoms with Crippen LogP contribution >= 0.6 is 0 Å². The summed E-state index contributed by atoms with van der Waals surface area (Å²) in [6.07, 6.45) is -0.341. The van der Waals surface area contributed by atoms with Gasteiger partial charge in [0.05, 0.1) is 12.1 Å². The number of amides is 2. The Kier molecular flexibility index (Phi) is 6.54. The molecule has 1 rings (SSSR count). The summed E-state index contributed by atoms with van der Waals surface area (Å²) in [6, 6.07) is 3.54. The van der Waals surface area contributed by atoms with E-state index in [2.05, 4.69) is 10.3 Å². The number of rotatable bonds is 5. The molecule has 1 aromatic rings. The van der Waals surface area contributed by atoms with Crippen LogP contribution in [0.2, 0.25) is 0 Å². The van der Waals surface area contributed by atoms with Gasteiger partial charge in [-0.2, -0.15) is 0 Å². The van der Waals surface area contributed by atoms with Gasteiger partial charge in [0.1, 0.15) is 11.4 Å². The first-order valence-electron chi connectivity index (χ1n) is 7.90. The topological polar surface area (TPSA) is 71.5 Å². The van der Waals surface area contributed by atoms with Crippen molar-refractivity contribution in [1.29, 1.82) is 0 Å². The maximum absolute atomic E-state index is 12.2. The number of hydrogen-bond donors (Lipinski definition) is 1.